The molecule has 1 aliphatic carbocycles. The zero-order valence-electron chi connectivity index (χ0n) is 13.1. The van der Waals surface area contributed by atoms with E-state index >= 15 is 0 Å². The van der Waals surface area contributed by atoms with Gasteiger partial charge in [-0.2, -0.15) is 0 Å². The van der Waals surface area contributed by atoms with E-state index in [4.69, 9.17) is 9.47 Å². The molecule has 0 bridgehead atoms. The van der Waals surface area contributed by atoms with Gasteiger partial charge in [-0.1, -0.05) is 23.8 Å². The smallest absolute Gasteiger partial charge is 0.164 e. The van der Waals surface area contributed by atoms with Crippen LogP contribution in [0.2, 0.25) is 0 Å². The van der Waals surface area contributed by atoms with Crippen molar-refractivity contribution < 1.29 is 14.6 Å². The van der Waals surface area contributed by atoms with E-state index in [0.29, 0.717) is 0 Å². The lowest BCUT2D eigenvalue weighted by atomic mass is 9.90. The second-order valence-electron chi connectivity index (χ2n) is 6.48. The second kappa shape index (κ2) is 5.84. The van der Waals surface area contributed by atoms with Crippen LogP contribution in [0.25, 0.3) is 0 Å². The molecule has 3 heteroatoms. The highest BCUT2D eigenvalue weighted by Crippen LogP contribution is 2.39. The van der Waals surface area contributed by atoms with Gasteiger partial charge in [-0.25, -0.2) is 0 Å². The molecule has 0 aromatic carbocycles. The standard InChI is InChI=1S/C17H26O3/c1-11(2)10-14(18)9-8-13-7-6-12(3)15-16(13)20-17(4,5)19-15/h6-7,10,14-16,18H,8-9H2,1-5H3/t14-,15-,16+/m0/s1. The lowest BCUT2D eigenvalue weighted by molar-refractivity contribution is -0.140. The molecule has 112 valence electrons. The van der Waals surface area contributed by atoms with E-state index in [2.05, 4.69) is 19.1 Å². The van der Waals surface area contributed by atoms with Crippen molar-refractivity contribution in [2.24, 2.45) is 0 Å². The van der Waals surface area contributed by atoms with Gasteiger partial charge in [-0.05, 0) is 58.6 Å². The van der Waals surface area contributed by atoms with Gasteiger partial charge in [-0.3, -0.25) is 0 Å². The Hall–Kier alpha value is -0.900. The van der Waals surface area contributed by atoms with E-state index in [0.717, 1.165) is 18.4 Å². The summed E-state index contributed by atoms with van der Waals surface area (Å²) in [5.74, 6) is -0.535. The number of allylic oxidation sites excluding steroid dienone is 3. The van der Waals surface area contributed by atoms with E-state index in [1.807, 2.05) is 33.8 Å². The molecule has 0 amide bonds. The van der Waals surface area contributed by atoms with Gasteiger partial charge in [0.25, 0.3) is 0 Å². The molecule has 1 aliphatic heterocycles. The zero-order valence-corrected chi connectivity index (χ0v) is 13.1. The van der Waals surface area contributed by atoms with Gasteiger partial charge in [0.2, 0.25) is 0 Å². The Morgan fingerprint density at radius 1 is 1.30 bits per heavy atom. The fraction of sp³-hybridized carbons (Fsp3) is 0.647. The van der Waals surface area contributed by atoms with Gasteiger partial charge in [0.15, 0.2) is 5.79 Å². The van der Waals surface area contributed by atoms with E-state index < -0.39 is 5.79 Å². The third kappa shape index (κ3) is 3.60. The molecule has 3 nitrogen and oxygen atoms in total. The lowest BCUT2D eigenvalue weighted by Crippen LogP contribution is -2.28. The van der Waals surface area contributed by atoms with Crippen molar-refractivity contribution in [3.8, 4) is 0 Å². The first-order valence-corrected chi connectivity index (χ1v) is 7.34. The van der Waals surface area contributed by atoms with Crippen molar-refractivity contribution in [2.75, 3.05) is 0 Å². The summed E-state index contributed by atoms with van der Waals surface area (Å²) in [4.78, 5) is 0. The molecular formula is C17H26O3. The highest BCUT2D eigenvalue weighted by molar-refractivity contribution is 5.32. The van der Waals surface area contributed by atoms with Crippen LogP contribution < -0.4 is 0 Å². The highest BCUT2D eigenvalue weighted by Gasteiger charge is 2.44. The first-order chi connectivity index (χ1) is 9.28. The molecule has 1 fully saturated rings. The number of fused-ring (bicyclic) bond motifs is 1. The van der Waals surface area contributed by atoms with Crippen molar-refractivity contribution >= 4 is 0 Å². The molecule has 1 saturated heterocycles. The number of ether oxygens (including phenoxy) is 2. The summed E-state index contributed by atoms with van der Waals surface area (Å²) in [5.41, 5.74) is 3.56. The zero-order chi connectivity index (χ0) is 14.9. The predicted octanol–water partition coefficient (Wildman–Crippen LogP) is 3.50. The molecule has 0 unspecified atom stereocenters. The average Bonchev–Trinajstić information content (AvgIpc) is 2.64. The molecule has 20 heavy (non-hydrogen) atoms. The van der Waals surface area contributed by atoms with Crippen LogP contribution in [-0.4, -0.2) is 29.2 Å². The van der Waals surface area contributed by atoms with Crippen LogP contribution >= 0.6 is 0 Å². The van der Waals surface area contributed by atoms with Gasteiger partial charge in [-0.15, -0.1) is 0 Å². The second-order valence-corrected chi connectivity index (χ2v) is 6.48. The van der Waals surface area contributed by atoms with Crippen LogP contribution in [0.1, 0.15) is 47.5 Å². The number of aliphatic hydroxyl groups excluding tert-OH is 1. The Morgan fingerprint density at radius 2 is 1.95 bits per heavy atom. The summed E-state index contributed by atoms with van der Waals surface area (Å²) >= 11 is 0. The molecule has 2 aliphatic rings. The Bertz CT molecular complexity index is 453. The summed E-state index contributed by atoms with van der Waals surface area (Å²) in [6, 6.07) is 0. The van der Waals surface area contributed by atoms with E-state index in [9.17, 15) is 5.11 Å². The van der Waals surface area contributed by atoms with Gasteiger partial charge >= 0.3 is 0 Å². The monoisotopic (exact) mass is 278 g/mol. The van der Waals surface area contributed by atoms with Crippen molar-refractivity contribution in [1.82, 2.24) is 0 Å². The van der Waals surface area contributed by atoms with Crippen molar-refractivity contribution in [1.29, 1.82) is 0 Å². The Morgan fingerprint density at radius 3 is 2.60 bits per heavy atom. The van der Waals surface area contributed by atoms with Gasteiger partial charge in [0.05, 0.1) is 6.10 Å². The quantitative estimate of drug-likeness (QED) is 0.800. The molecule has 1 heterocycles. The molecule has 0 saturated carbocycles. The third-order valence-corrected chi connectivity index (χ3v) is 3.73. The summed E-state index contributed by atoms with van der Waals surface area (Å²) in [6.45, 7) is 9.99. The molecule has 0 aromatic heterocycles. The minimum atomic E-state index is -0.535. The van der Waals surface area contributed by atoms with Gasteiger partial charge in [0, 0.05) is 0 Å². The minimum Gasteiger partial charge on any atom is -0.389 e. The SMILES string of the molecule is CC(C)=C[C@@H](O)CCC1=CC=C(C)[C@@H]2OC(C)(C)O[C@H]12. The largest absolute Gasteiger partial charge is 0.389 e. The molecule has 0 aromatic rings. The fourth-order valence-corrected chi connectivity index (χ4v) is 2.80. The minimum absolute atomic E-state index is 0.00565. The van der Waals surface area contributed by atoms with Crippen LogP contribution in [0.4, 0.5) is 0 Å². The molecule has 1 N–H and O–H groups in total. The van der Waals surface area contributed by atoms with E-state index in [-0.39, 0.29) is 18.3 Å². The topological polar surface area (TPSA) is 38.7 Å². The van der Waals surface area contributed by atoms with Crippen LogP contribution in [0, 0.1) is 0 Å². The normalized spacial score (nSPS) is 29.3. The molecule has 3 atom stereocenters. The maximum Gasteiger partial charge on any atom is 0.164 e. The Balaban J connectivity index is 2.03. The Labute approximate surface area is 122 Å². The van der Waals surface area contributed by atoms with Gasteiger partial charge in [0.1, 0.15) is 12.2 Å². The maximum absolute atomic E-state index is 9.95. The highest BCUT2D eigenvalue weighted by atomic mass is 16.8. The summed E-state index contributed by atoms with van der Waals surface area (Å²) in [5, 5.41) is 9.95. The molecular weight excluding hydrogens is 252 g/mol. The average molecular weight is 278 g/mol. The van der Waals surface area contributed by atoms with Crippen molar-refractivity contribution in [3.63, 3.8) is 0 Å². The fourth-order valence-electron chi connectivity index (χ4n) is 2.80. The summed E-state index contributed by atoms with van der Waals surface area (Å²) < 4.78 is 12.0. The summed E-state index contributed by atoms with van der Waals surface area (Å²) in [7, 11) is 0. The number of hydrogen-bond acceptors (Lipinski definition) is 3. The summed E-state index contributed by atoms with van der Waals surface area (Å²) in [6.07, 6.45) is 7.30. The third-order valence-electron chi connectivity index (χ3n) is 3.73. The van der Waals surface area contributed by atoms with E-state index in [1.165, 1.54) is 11.1 Å². The van der Waals surface area contributed by atoms with E-state index in [1.54, 1.807) is 0 Å². The van der Waals surface area contributed by atoms with Gasteiger partial charge < -0.3 is 14.6 Å². The van der Waals surface area contributed by atoms with Crippen LogP contribution in [0.5, 0.6) is 0 Å². The van der Waals surface area contributed by atoms with Crippen LogP contribution in [-0.2, 0) is 9.47 Å². The van der Waals surface area contributed by atoms with Crippen LogP contribution in [0.15, 0.2) is 34.9 Å². The first-order valence-electron chi connectivity index (χ1n) is 7.34. The van der Waals surface area contributed by atoms with Crippen molar-refractivity contribution in [3.05, 3.63) is 34.9 Å². The number of rotatable bonds is 4. The molecule has 0 spiro atoms. The molecule has 2 rings (SSSR count). The predicted molar refractivity (Wildman–Crippen MR) is 80.3 cm³/mol. The molecule has 0 radical (unpaired) electrons. The van der Waals surface area contributed by atoms with Crippen LogP contribution in [0.3, 0.4) is 0 Å². The number of hydrogen-bond donors (Lipinski definition) is 1. The van der Waals surface area contributed by atoms with Crippen molar-refractivity contribution in [2.45, 2.75) is 71.6 Å². The number of aliphatic hydroxyl groups is 1. The Kier molecular flexibility index (Phi) is 4.52. The lowest BCUT2D eigenvalue weighted by Gasteiger charge is -2.24. The first kappa shape index (κ1) is 15.5. The maximum atomic E-state index is 9.95.